The third-order valence-corrected chi connectivity index (χ3v) is 4.90. The summed E-state index contributed by atoms with van der Waals surface area (Å²) in [6.07, 6.45) is 5.44. The Bertz CT molecular complexity index is 1150. The molecule has 0 saturated heterocycles. The van der Waals surface area contributed by atoms with Gasteiger partial charge in [0.05, 0.1) is 23.8 Å². The number of aromatic nitrogens is 4. The van der Waals surface area contributed by atoms with Crippen LogP contribution in [0.25, 0.3) is 0 Å². The summed E-state index contributed by atoms with van der Waals surface area (Å²) in [5, 5.41) is 12.2. The molecule has 4 aromatic rings. The van der Waals surface area contributed by atoms with Gasteiger partial charge in [0.1, 0.15) is 0 Å². The summed E-state index contributed by atoms with van der Waals surface area (Å²) in [4.78, 5) is 12.6. The van der Waals surface area contributed by atoms with Crippen LogP contribution in [0.2, 0.25) is 5.02 Å². The summed E-state index contributed by atoms with van der Waals surface area (Å²) < 4.78 is 4.48. The van der Waals surface area contributed by atoms with Crippen molar-refractivity contribution < 1.29 is 4.79 Å². The van der Waals surface area contributed by atoms with Gasteiger partial charge in [-0.3, -0.25) is 14.2 Å². The molecule has 6 nitrogen and oxygen atoms in total. The topological polar surface area (TPSA) is 64.7 Å². The van der Waals surface area contributed by atoms with E-state index in [1.807, 2.05) is 54.9 Å². The van der Waals surface area contributed by atoms with E-state index in [0.29, 0.717) is 29.5 Å². The molecule has 0 aliphatic carbocycles. The van der Waals surface area contributed by atoms with Gasteiger partial charge < -0.3 is 5.32 Å². The van der Waals surface area contributed by atoms with Crippen molar-refractivity contribution in [3.05, 3.63) is 99.4 Å². The van der Waals surface area contributed by atoms with Crippen LogP contribution in [0.3, 0.4) is 0 Å². The molecule has 1 amide bonds. The van der Waals surface area contributed by atoms with E-state index in [4.69, 9.17) is 11.6 Å². The lowest BCUT2D eigenvalue weighted by molar-refractivity contribution is 0.102. The number of amides is 1. The highest BCUT2D eigenvalue weighted by Crippen LogP contribution is 2.14. The number of carbonyl (C=O) groups is 1. The highest BCUT2D eigenvalue weighted by molar-refractivity contribution is 9.10. The molecule has 146 valence electrons. The predicted molar refractivity (Wildman–Crippen MR) is 116 cm³/mol. The smallest absolute Gasteiger partial charge is 0.256 e. The zero-order valence-corrected chi connectivity index (χ0v) is 17.6. The highest BCUT2D eigenvalue weighted by Gasteiger charge is 2.10. The largest absolute Gasteiger partial charge is 0.305 e. The van der Waals surface area contributed by atoms with E-state index in [2.05, 4.69) is 31.4 Å². The fourth-order valence-corrected chi connectivity index (χ4v) is 3.49. The summed E-state index contributed by atoms with van der Waals surface area (Å²) in [5.74, 6) is 0.292. The van der Waals surface area contributed by atoms with Crippen molar-refractivity contribution in [3.63, 3.8) is 0 Å². The van der Waals surface area contributed by atoms with Gasteiger partial charge in [0.25, 0.3) is 5.91 Å². The van der Waals surface area contributed by atoms with Gasteiger partial charge in [0, 0.05) is 29.0 Å². The first-order chi connectivity index (χ1) is 14.0. The normalized spacial score (nSPS) is 10.8. The van der Waals surface area contributed by atoms with Gasteiger partial charge in [-0.05, 0) is 51.3 Å². The predicted octanol–water partition coefficient (Wildman–Crippen LogP) is 4.84. The Labute approximate surface area is 181 Å². The van der Waals surface area contributed by atoms with Crippen molar-refractivity contribution in [3.8, 4) is 0 Å². The van der Waals surface area contributed by atoms with Gasteiger partial charge in [-0.2, -0.15) is 10.2 Å². The Morgan fingerprint density at radius 2 is 1.79 bits per heavy atom. The van der Waals surface area contributed by atoms with E-state index in [9.17, 15) is 4.79 Å². The van der Waals surface area contributed by atoms with Crippen molar-refractivity contribution in [2.75, 3.05) is 5.32 Å². The number of nitrogens with zero attached hydrogens (tertiary/aromatic N) is 4. The third kappa shape index (κ3) is 5.13. The molecule has 0 aliphatic heterocycles. The zero-order valence-electron chi connectivity index (χ0n) is 15.3. The molecule has 2 heterocycles. The Kier molecular flexibility index (Phi) is 5.78. The zero-order chi connectivity index (χ0) is 20.2. The van der Waals surface area contributed by atoms with Gasteiger partial charge in [0.15, 0.2) is 5.82 Å². The van der Waals surface area contributed by atoms with Gasteiger partial charge >= 0.3 is 0 Å². The molecule has 0 atom stereocenters. The average molecular weight is 471 g/mol. The first-order valence-electron chi connectivity index (χ1n) is 8.91. The number of halogens is 2. The minimum atomic E-state index is -0.207. The van der Waals surface area contributed by atoms with Crippen molar-refractivity contribution in [2.45, 2.75) is 13.1 Å². The Hall–Kier alpha value is -2.90. The van der Waals surface area contributed by atoms with E-state index in [1.54, 1.807) is 27.7 Å². The number of anilines is 1. The molecular formula is C21H17BrClN5O. The minimum Gasteiger partial charge on any atom is -0.305 e. The lowest BCUT2D eigenvalue weighted by Crippen LogP contribution is -2.13. The first-order valence-corrected chi connectivity index (χ1v) is 10.1. The number of carbonyl (C=O) groups excluding carboxylic acids is 1. The summed E-state index contributed by atoms with van der Waals surface area (Å²) in [7, 11) is 0. The molecule has 8 heteroatoms. The Balaban J connectivity index is 1.42. The quantitative estimate of drug-likeness (QED) is 0.438. The molecule has 1 N–H and O–H groups in total. The number of hydrogen-bond acceptors (Lipinski definition) is 3. The third-order valence-electron chi connectivity index (χ3n) is 4.25. The second-order valence-electron chi connectivity index (χ2n) is 6.54. The molecular weight excluding hydrogens is 454 g/mol. The fraction of sp³-hybridized carbons (Fsp3) is 0.0952. The lowest BCUT2D eigenvalue weighted by atomic mass is 10.1. The molecule has 0 aliphatic rings. The van der Waals surface area contributed by atoms with E-state index in [-0.39, 0.29) is 5.91 Å². The maximum Gasteiger partial charge on any atom is 0.256 e. The first kappa shape index (κ1) is 19.4. The van der Waals surface area contributed by atoms with Crippen LogP contribution in [0.1, 0.15) is 21.5 Å². The van der Waals surface area contributed by atoms with Crippen LogP contribution in [0.4, 0.5) is 5.82 Å². The van der Waals surface area contributed by atoms with Gasteiger partial charge in [-0.25, -0.2) is 0 Å². The molecule has 4 rings (SSSR count). The van der Waals surface area contributed by atoms with Crippen LogP contribution in [0.15, 0.2) is 77.7 Å². The van der Waals surface area contributed by atoms with Crippen molar-refractivity contribution in [1.29, 1.82) is 0 Å². The average Bonchev–Trinajstić information content (AvgIpc) is 3.30. The number of nitrogens with one attached hydrogen (secondary N) is 1. The molecule has 0 spiro atoms. The molecule has 2 aromatic carbocycles. The van der Waals surface area contributed by atoms with Crippen LogP contribution in [0, 0.1) is 0 Å². The molecule has 0 radical (unpaired) electrons. The summed E-state index contributed by atoms with van der Waals surface area (Å²) >= 11 is 9.41. The van der Waals surface area contributed by atoms with Crippen molar-refractivity contribution >= 4 is 39.3 Å². The van der Waals surface area contributed by atoms with Crippen LogP contribution in [-0.2, 0) is 13.1 Å². The van der Waals surface area contributed by atoms with Crippen molar-refractivity contribution in [1.82, 2.24) is 19.6 Å². The van der Waals surface area contributed by atoms with E-state index in [0.717, 1.165) is 15.6 Å². The van der Waals surface area contributed by atoms with Crippen molar-refractivity contribution in [2.24, 2.45) is 0 Å². The second kappa shape index (κ2) is 8.63. The molecule has 0 unspecified atom stereocenters. The Morgan fingerprint density at radius 3 is 2.55 bits per heavy atom. The monoisotopic (exact) mass is 469 g/mol. The summed E-state index contributed by atoms with van der Waals surface area (Å²) in [6, 6.07) is 16.8. The van der Waals surface area contributed by atoms with Crippen LogP contribution in [-0.4, -0.2) is 25.5 Å². The summed E-state index contributed by atoms with van der Waals surface area (Å²) in [5.41, 5.74) is 2.59. The summed E-state index contributed by atoms with van der Waals surface area (Å²) in [6.45, 7) is 1.16. The van der Waals surface area contributed by atoms with Crippen LogP contribution in [0.5, 0.6) is 0 Å². The molecule has 29 heavy (non-hydrogen) atoms. The SMILES string of the molecule is O=C(Nc1ccn(Cc2cccc(Cl)c2)n1)c1cccc(Cn2cc(Br)cn2)c1. The maximum atomic E-state index is 12.6. The molecule has 0 saturated carbocycles. The number of rotatable bonds is 6. The Morgan fingerprint density at radius 1 is 1.03 bits per heavy atom. The van der Waals surface area contributed by atoms with E-state index >= 15 is 0 Å². The molecule has 2 aromatic heterocycles. The van der Waals surface area contributed by atoms with E-state index < -0.39 is 0 Å². The maximum absolute atomic E-state index is 12.6. The van der Waals surface area contributed by atoms with Crippen LogP contribution >= 0.6 is 27.5 Å². The highest BCUT2D eigenvalue weighted by atomic mass is 79.9. The van der Waals surface area contributed by atoms with Gasteiger partial charge in [-0.15, -0.1) is 0 Å². The fourth-order valence-electron chi connectivity index (χ4n) is 2.95. The number of hydrogen-bond donors (Lipinski definition) is 1. The van der Waals surface area contributed by atoms with Gasteiger partial charge in [-0.1, -0.05) is 35.9 Å². The molecule has 0 fully saturated rings. The minimum absolute atomic E-state index is 0.207. The van der Waals surface area contributed by atoms with Gasteiger partial charge in [0.2, 0.25) is 0 Å². The second-order valence-corrected chi connectivity index (χ2v) is 7.89. The molecule has 0 bridgehead atoms. The standard InChI is InChI=1S/C21H17BrClN5O/c22-18-11-24-28(14-18)13-15-3-1-5-17(9-15)21(29)25-20-7-8-27(26-20)12-16-4-2-6-19(23)10-16/h1-11,14H,12-13H2,(H,25,26,29). The number of benzene rings is 2. The van der Waals surface area contributed by atoms with E-state index in [1.165, 1.54) is 0 Å². The lowest BCUT2D eigenvalue weighted by Gasteiger charge is -2.06. The van der Waals surface area contributed by atoms with Crippen LogP contribution < -0.4 is 5.32 Å².